The van der Waals surface area contributed by atoms with E-state index >= 15 is 0 Å². The first-order valence-electron chi connectivity index (χ1n) is 6.80. The minimum atomic E-state index is 0.339. The Bertz CT molecular complexity index is 405. The van der Waals surface area contributed by atoms with Crippen LogP contribution >= 0.6 is 23.2 Å². The molecule has 1 aliphatic carbocycles. The van der Waals surface area contributed by atoms with E-state index in [1.165, 1.54) is 19.3 Å². The summed E-state index contributed by atoms with van der Waals surface area (Å²) in [4.78, 5) is 0. The number of hydrogen-bond donors (Lipinski definition) is 1. The molecule has 3 unspecified atom stereocenters. The van der Waals surface area contributed by atoms with Crippen molar-refractivity contribution in [2.75, 3.05) is 6.54 Å². The molecular formula is C15H21Cl2N. The highest BCUT2D eigenvalue weighted by Gasteiger charge is 2.30. The molecule has 0 bridgehead atoms. The van der Waals surface area contributed by atoms with Gasteiger partial charge in [-0.25, -0.2) is 0 Å². The van der Waals surface area contributed by atoms with E-state index in [0.29, 0.717) is 22.0 Å². The zero-order valence-corrected chi connectivity index (χ0v) is 12.6. The summed E-state index contributed by atoms with van der Waals surface area (Å²) in [7, 11) is 0. The van der Waals surface area contributed by atoms with E-state index < -0.39 is 0 Å². The van der Waals surface area contributed by atoms with Crippen LogP contribution in [0.15, 0.2) is 18.2 Å². The molecule has 0 aliphatic heterocycles. The molecule has 0 spiro atoms. The molecule has 1 fully saturated rings. The largest absolute Gasteiger partial charge is 0.310 e. The van der Waals surface area contributed by atoms with Gasteiger partial charge in [0.15, 0.2) is 0 Å². The lowest BCUT2D eigenvalue weighted by atomic mass is 9.91. The predicted molar refractivity (Wildman–Crippen MR) is 79.4 cm³/mol. The molecule has 0 heterocycles. The lowest BCUT2D eigenvalue weighted by Gasteiger charge is -2.26. The van der Waals surface area contributed by atoms with Crippen LogP contribution in [0, 0.1) is 11.8 Å². The Labute approximate surface area is 120 Å². The Hall–Kier alpha value is -0.240. The molecule has 3 heteroatoms. The van der Waals surface area contributed by atoms with Crippen molar-refractivity contribution in [3.63, 3.8) is 0 Å². The van der Waals surface area contributed by atoms with Gasteiger partial charge in [-0.1, -0.05) is 55.6 Å². The first-order valence-corrected chi connectivity index (χ1v) is 7.56. The molecule has 1 aliphatic rings. The van der Waals surface area contributed by atoms with Gasteiger partial charge in [-0.05, 0) is 42.9 Å². The Balaban J connectivity index is 2.26. The van der Waals surface area contributed by atoms with Crippen molar-refractivity contribution in [3.8, 4) is 0 Å². The third kappa shape index (κ3) is 3.01. The van der Waals surface area contributed by atoms with Gasteiger partial charge in [-0.15, -0.1) is 0 Å². The van der Waals surface area contributed by atoms with E-state index in [1.54, 1.807) is 0 Å². The Kier molecular flexibility index (Phi) is 4.94. The summed E-state index contributed by atoms with van der Waals surface area (Å²) >= 11 is 12.5. The van der Waals surface area contributed by atoms with E-state index in [0.717, 1.165) is 18.0 Å². The molecule has 2 rings (SSSR count). The summed E-state index contributed by atoms with van der Waals surface area (Å²) < 4.78 is 0. The van der Waals surface area contributed by atoms with Crippen molar-refractivity contribution in [1.29, 1.82) is 0 Å². The van der Waals surface area contributed by atoms with Crippen LogP contribution in [0.2, 0.25) is 10.0 Å². The number of nitrogens with one attached hydrogen (secondary N) is 1. The maximum Gasteiger partial charge on any atom is 0.0640 e. The second kappa shape index (κ2) is 6.27. The average molecular weight is 286 g/mol. The zero-order valence-electron chi connectivity index (χ0n) is 11.0. The summed E-state index contributed by atoms with van der Waals surface area (Å²) in [5.41, 5.74) is 1.16. The first-order chi connectivity index (χ1) is 8.63. The number of rotatable bonds is 4. The molecule has 0 saturated heterocycles. The SMILES string of the molecule is CCNC(c1cccc(Cl)c1Cl)C1CCC(C)C1. The zero-order chi connectivity index (χ0) is 13.1. The lowest BCUT2D eigenvalue weighted by Crippen LogP contribution is -2.27. The standard InChI is InChI=1S/C15H21Cl2N/c1-3-18-15(11-8-7-10(2)9-11)12-5-4-6-13(16)14(12)17/h4-6,10-11,15,18H,3,7-9H2,1-2H3. The smallest absolute Gasteiger partial charge is 0.0640 e. The molecule has 3 atom stereocenters. The van der Waals surface area contributed by atoms with Gasteiger partial charge in [-0.3, -0.25) is 0 Å². The van der Waals surface area contributed by atoms with Crippen molar-refractivity contribution in [2.45, 2.75) is 39.2 Å². The minimum Gasteiger partial charge on any atom is -0.310 e. The van der Waals surface area contributed by atoms with Gasteiger partial charge in [-0.2, -0.15) is 0 Å². The van der Waals surface area contributed by atoms with Crippen LogP contribution < -0.4 is 5.32 Å². The average Bonchev–Trinajstić information content (AvgIpc) is 2.77. The number of halogens is 2. The fraction of sp³-hybridized carbons (Fsp3) is 0.600. The molecule has 0 aromatic heterocycles. The molecule has 1 nitrogen and oxygen atoms in total. The van der Waals surface area contributed by atoms with Gasteiger partial charge >= 0.3 is 0 Å². The Morgan fingerprint density at radius 1 is 1.33 bits per heavy atom. The van der Waals surface area contributed by atoms with E-state index in [9.17, 15) is 0 Å². The van der Waals surface area contributed by atoms with E-state index in [2.05, 4.69) is 25.2 Å². The third-order valence-corrected chi connectivity index (χ3v) is 4.78. The van der Waals surface area contributed by atoms with E-state index in [1.807, 2.05) is 12.1 Å². The van der Waals surface area contributed by atoms with Gasteiger partial charge in [0.2, 0.25) is 0 Å². The molecule has 100 valence electrons. The summed E-state index contributed by atoms with van der Waals surface area (Å²) in [6, 6.07) is 6.29. The highest BCUT2D eigenvalue weighted by molar-refractivity contribution is 6.42. The predicted octanol–water partition coefficient (Wildman–Crippen LogP) is 5.08. The van der Waals surface area contributed by atoms with Crippen LogP contribution in [0.4, 0.5) is 0 Å². The van der Waals surface area contributed by atoms with Crippen molar-refractivity contribution in [3.05, 3.63) is 33.8 Å². The molecule has 0 radical (unpaired) electrons. The van der Waals surface area contributed by atoms with Gasteiger partial charge in [0.05, 0.1) is 10.0 Å². The summed E-state index contributed by atoms with van der Waals surface area (Å²) in [6.45, 7) is 5.44. The van der Waals surface area contributed by atoms with Crippen LogP contribution in [0.5, 0.6) is 0 Å². The third-order valence-electron chi connectivity index (χ3n) is 3.95. The summed E-state index contributed by atoms with van der Waals surface area (Å²) in [5.74, 6) is 1.50. The fourth-order valence-electron chi connectivity index (χ4n) is 3.07. The Morgan fingerprint density at radius 2 is 2.11 bits per heavy atom. The maximum atomic E-state index is 6.37. The summed E-state index contributed by atoms with van der Waals surface area (Å²) in [5, 5.41) is 4.95. The number of hydrogen-bond acceptors (Lipinski definition) is 1. The maximum absolute atomic E-state index is 6.37. The molecule has 1 aromatic carbocycles. The van der Waals surface area contributed by atoms with Gasteiger partial charge in [0, 0.05) is 6.04 Å². The van der Waals surface area contributed by atoms with Gasteiger partial charge < -0.3 is 5.32 Å². The first kappa shape index (κ1) is 14.2. The van der Waals surface area contributed by atoms with Crippen LogP contribution in [-0.4, -0.2) is 6.54 Å². The molecule has 0 amide bonds. The number of benzene rings is 1. The normalized spacial score (nSPS) is 25.3. The van der Waals surface area contributed by atoms with Crippen molar-refractivity contribution >= 4 is 23.2 Å². The van der Waals surface area contributed by atoms with Gasteiger partial charge in [0.1, 0.15) is 0 Å². The summed E-state index contributed by atoms with van der Waals surface area (Å²) in [6.07, 6.45) is 3.88. The van der Waals surface area contributed by atoms with Gasteiger partial charge in [0.25, 0.3) is 0 Å². The van der Waals surface area contributed by atoms with Crippen LogP contribution in [0.3, 0.4) is 0 Å². The molecular weight excluding hydrogens is 265 g/mol. The lowest BCUT2D eigenvalue weighted by molar-refractivity contribution is 0.365. The van der Waals surface area contributed by atoms with Crippen LogP contribution in [-0.2, 0) is 0 Å². The van der Waals surface area contributed by atoms with Crippen LogP contribution in [0.1, 0.15) is 44.7 Å². The highest BCUT2D eigenvalue weighted by atomic mass is 35.5. The quantitative estimate of drug-likeness (QED) is 0.813. The molecule has 18 heavy (non-hydrogen) atoms. The van der Waals surface area contributed by atoms with E-state index in [4.69, 9.17) is 23.2 Å². The van der Waals surface area contributed by atoms with Crippen molar-refractivity contribution in [2.24, 2.45) is 11.8 Å². The monoisotopic (exact) mass is 285 g/mol. The minimum absolute atomic E-state index is 0.339. The topological polar surface area (TPSA) is 12.0 Å². The van der Waals surface area contributed by atoms with E-state index in [-0.39, 0.29) is 0 Å². The Morgan fingerprint density at radius 3 is 2.72 bits per heavy atom. The fourth-order valence-corrected chi connectivity index (χ4v) is 3.49. The van der Waals surface area contributed by atoms with Crippen molar-refractivity contribution < 1.29 is 0 Å². The molecule has 1 aromatic rings. The van der Waals surface area contributed by atoms with Crippen LogP contribution in [0.25, 0.3) is 0 Å². The molecule has 1 saturated carbocycles. The molecule has 1 N–H and O–H groups in total. The highest BCUT2D eigenvalue weighted by Crippen LogP contribution is 2.41. The second-order valence-corrected chi connectivity index (χ2v) is 6.14. The van der Waals surface area contributed by atoms with Crippen molar-refractivity contribution in [1.82, 2.24) is 5.32 Å². The second-order valence-electron chi connectivity index (χ2n) is 5.36.